The predicted molar refractivity (Wildman–Crippen MR) is 67.4 cm³/mol. The fraction of sp³-hybridized carbons (Fsp3) is 0.0909. The Bertz CT molecular complexity index is 526. The fourth-order valence-electron chi connectivity index (χ4n) is 1.34. The Kier molecular flexibility index (Phi) is 3.66. The number of hydrogen-bond acceptors (Lipinski definition) is 2. The van der Waals surface area contributed by atoms with E-state index in [-0.39, 0.29) is 12.3 Å². The van der Waals surface area contributed by atoms with Gasteiger partial charge in [-0.3, -0.25) is 4.79 Å². The molecule has 0 fully saturated rings. The van der Waals surface area contributed by atoms with Crippen molar-refractivity contribution in [2.75, 3.05) is 5.32 Å². The van der Waals surface area contributed by atoms with Crippen molar-refractivity contribution >= 4 is 34.8 Å². The van der Waals surface area contributed by atoms with Gasteiger partial charge >= 0.3 is 0 Å². The topological polar surface area (TPSA) is 57.8 Å². The third kappa shape index (κ3) is 3.22. The Balaban J connectivity index is 2.05. The lowest BCUT2D eigenvalue weighted by Gasteiger charge is -2.06. The second kappa shape index (κ2) is 5.21. The number of rotatable bonds is 3. The van der Waals surface area contributed by atoms with Crippen molar-refractivity contribution in [2.24, 2.45) is 0 Å². The molecule has 0 aliphatic carbocycles. The molecule has 2 rings (SSSR count). The Morgan fingerprint density at radius 1 is 1.41 bits per heavy atom. The van der Waals surface area contributed by atoms with Crippen LogP contribution in [0.25, 0.3) is 0 Å². The summed E-state index contributed by atoms with van der Waals surface area (Å²) in [6.07, 6.45) is 3.33. The number of benzene rings is 1. The number of aromatic nitrogens is 2. The molecule has 0 atom stereocenters. The van der Waals surface area contributed by atoms with E-state index in [0.717, 1.165) is 5.69 Å². The van der Waals surface area contributed by atoms with Gasteiger partial charge in [0, 0.05) is 16.9 Å². The van der Waals surface area contributed by atoms with E-state index in [1.807, 2.05) is 0 Å². The maximum Gasteiger partial charge on any atom is 0.230 e. The first-order valence-electron chi connectivity index (χ1n) is 4.87. The van der Waals surface area contributed by atoms with E-state index < -0.39 is 0 Å². The Morgan fingerprint density at radius 2 is 2.24 bits per heavy atom. The van der Waals surface area contributed by atoms with Gasteiger partial charge in [0.2, 0.25) is 5.91 Å². The minimum absolute atomic E-state index is 0.182. The fourth-order valence-corrected chi connectivity index (χ4v) is 1.68. The van der Waals surface area contributed by atoms with Crippen LogP contribution in [0.5, 0.6) is 0 Å². The third-order valence-electron chi connectivity index (χ3n) is 2.11. The first-order chi connectivity index (χ1) is 8.15. The van der Waals surface area contributed by atoms with Crippen molar-refractivity contribution < 1.29 is 4.79 Å². The van der Waals surface area contributed by atoms with E-state index in [1.165, 1.54) is 6.33 Å². The Morgan fingerprint density at radius 3 is 2.94 bits per heavy atom. The highest BCUT2D eigenvalue weighted by atomic mass is 35.5. The first-order valence-corrected chi connectivity index (χ1v) is 5.63. The molecule has 2 N–H and O–H groups in total. The van der Waals surface area contributed by atoms with E-state index in [1.54, 1.807) is 24.4 Å². The van der Waals surface area contributed by atoms with Crippen LogP contribution in [0.3, 0.4) is 0 Å². The van der Waals surface area contributed by atoms with Crippen LogP contribution in [-0.4, -0.2) is 15.9 Å². The Hall–Kier alpha value is -1.52. The largest absolute Gasteiger partial charge is 0.348 e. The highest BCUT2D eigenvalue weighted by Gasteiger charge is 2.08. The molecule has 0 aliphatic rings. The van der Waals surface area contributed by atoms with E-state index in [0.29, 0.717) is 15.7 Å². The molecule has 4 nitrogen and oxygen atoms in total. The molecule has 17 heavy (non-hydrogen) atoms. The molecule has 0 saturated carbocycles. The van der Waals surface area contributed by atoms with Gasteiger partial charge in [-0.15, -0.1) is 0 Å². The minimum atomic E-state index is -0.182. The van der Waals surface area contributed by atoms with Gasteiger partial charge in [0.05, 0.1) is 23.5 Å². The summed E-state index contributed by atoms with van der Waals surface area (Å²) >= 11 is 11.7. The second-order valence-corrected chi connectivity index (χ2v) is 4.27. The van der Waals surface area contributed by atoms with Crippen molar-refractivity contribution in [1.29, 1.82) is 0 Å². The van der Waals surface area contributed by atoms with Gasteiger partial charge in [0.25, 0.3) is 0 Å². The molecule has 0 bridgehead atoms. The number of halogens is 2. The average Bonchev–Trinajstić information content (AvgIpc) is 2.76. The van der Waals surface area contributed by atoms with Crippen LogP contribution >= 0.6 is 23.2 Å². The number of nitrogens with one attached hydrogen (secondary N) is 2. The van der Waals surface area contributed by atoms with Crippen molar-refractivity contribution in [2.45, 2.75) is 6.42 Å². The zero-order valence-electron chi connectivity index (χ0n) is 8.71. The lowest BCUT2D eigenvalue weighted by atomic mass is 10.3. The van der Waals surface area contributed by atoms with Gasteiger partial charge in [-0.05, 0) is 18.2 Å². The Labute approximate surface area is 108 Å². The number of carbonyl (C=O) groups is 1. The van der Waals surface area contributed by atoms with Crippen LogP contribution in [0.1, 0.15) is 5.69 Å². The summed E-state index contributed by atoms with van der Waals surface area (Å²) in [5.74, 6) is -0.182. The second-order valence-electron chi connectivity index (χ2n) is 3.43. The number of imidazole rings is 1. The maximum atomic E-state index is 11.7. The summed E-state index contributed by atoms with van der Waals surface area (Å²) in [6, 6.07) is 4.90. The highest BCUT2D eigenvalue weighted by molar-refractivity contribution is 6.35. The van der Waals surface area contributed by atoms with Crippen LogP contribution in [0.2, 0.25) is 10.0 Å². The molecule has 6 heteroatoms. The van der Waals surface area contributed by atoms with Gasteiger partial charge in [0.15, 0.2) is 0 Å². The average molecular weight is 270 g/mol. The lowest BCUT2D eigenvalue weighted by Crippen LogP contribution is -2.14. The van der Waals surface area contributed by atoms with Crippen molar-refractivity contribution in [3.05, 3.63) is 46.5 Å². The van der Waals surface area contributed by atoms with E-state index >= 15 is 0 Å². The van der Waals surface area contributed by atoms with Crippen LogP contribution in [0.15, 0.2) is 30.7 Å². The van der Waals surface area contributed by atoms with Gasteiger partial charge in [-0.2, -0.15) is 0 Å². The molecule has 0 aliphatic heterocycles. The molecule has 1 aromatic heterocycles. The molecule has 0 radical (unpaired) electrons. The summed E-state index contributed by atoms with van der Waals surface area (Å²) in [4.78, 5) is 18.4. The quantitative estimate of drug-likeness (QED) is 0.900. The SMILES string of the molecule is O=C(Cc1cnc[nH]1)Nc1cc(Cl)ccc1Cl. The van der Waals surface area contributed by atoms with Crippen molar-refractivity contribution in [3.8, 4) is 0 Å². The zero-order valence-corrected chi connectivity index (χ0v) is 10.2. The normalized spacial score (nSPS) is 10.2. The van der Waals surface area contributed by atoms with Crippen molar-refractivity contribution in [1.82, 2.24) is 9.97 Å². The summed E-state index contributed by atoms with van der Waals surface area (Å²) in [5, 5.41) is 3.66. The van der Waals surface area contributed by atoms with Gasteiger partial charge in [0.1, 0.15) is 0 Å². The van der Waals surface area contributed by atoms with Crippen molar-refractivity contribution in [3.63, 3.8) is 0 Å². The van der Waals surface area contributed by atoms with Crippen LogP contribution < -0.4 is 5.32 Å². The van der Waals surface area contributed by atoms with Gasteiger partial charge in [-0.25, -0.2) is 4.98 Å². The maximum absolute atomic E-state index is 11.7. The number of H-pyrrole nitrogens is 1. The number of hydrogen-bond donors (Lipinski definition) is 2. The molecule has 0 spiro atoms. The van der Waals surface area contributed by atoms with Gasteiger partial charge < -0.3 is 10.3 Å². The molecule has 2 aromatic rings. The third-order valence-corrected chi connectivity index (χ3v) is 2.67. The van der Waals surface area contributed by atoms with Crippen LogP contribution in [0, 0.1) is 0 Å². The van der Waals surface area contributed by atoms with E-state index in [4.69, 9.17) is 23.2 Å². The van der Waals surface area contributed by atoms with Gasteiger partial charge in [-0.1, -0.05) is 23.2 Å². The monoisotopic (exact) mass is 269 g/mol. The molecule has 0 unspecified atom stereocenters. The van der Waals surface area contributed by atoms with Crippen LogP contribution in [0.4, 0.5) is 5.69 Å². The molecule has 1 heterocycles. The summed E-state index contributed by atoms with van der Waals surface area (Å²) in [6.45, 7) is 0. The first kappa shape index (κ1) is 12.0. The zero-order chi connectivity index (χ0) is 12.3. The lowest BCUT2D eigenvalue weighted by molar-refractivity contribution is -0.115. The molecule has 0 saturated heterocycles. The van der Waals surface area contributed by atoms with E-state index in [9.17, 15) is 4.79 Å². The molecular weight excluding hydrogens is 261 g/mol. The standard InChI is InChI=1S/C11H9Cl2N3O/c12-7-1-2-9(13)10(3-7)16-11(17)4-8-5-14-6-15-8/h1-3,5-6H,4H2,(H,14,15)(H,16,17). The predicted octanol–water partition coefficient (Wildman–Crippen LogP) is 2.90. The number of amides is 1. The molecule has 1 aromatic carbocycles. The molecular formula is C11H9Cl2N3O. The van der Waals surface area contributed by atoms with Crippen LogP contribution in [-0.2, 0) is 11.2 Å². The number of anilines is 1. The number of carbonyl (C=O) groups excluding carboxylic acids is 1. The number of nitrogens with zero attached hydrogens (tertiary/aromatic N) is 1. The smallest absolute Gasteiger partial charge is 0.230 e. The summed E-state index contributed by atoms with van der Waals surface area (Å²) in [7, 11) is 0. The highest BCUT2D eigenvalue weighted by Crippen LogP contribution is 2.25. The summed E-state index contributed by atoms with van der Waals surface area (Å²) in [5.41, 5.74) is 1.24. The van der Waals surface area contributed by atoms with E-state index in [2.05, 4.69) is 15.3 Å². The minimum Gasteiger partial charge on any atom is -0.348 e. The molecule has 1 amide bonds. The molecule has 88 valence electrons. The summed E-state index contributed by atoms with van der Waals surface area (Å²) < 4.78 is 0. The number of aromatic amines is 1.